The Morgan fingerprint density at radius 1 is 0.550 bits per heavy atom. The minimum absolute atomic E-state index is 0.00280. The second-order valence-corrected chi connectivity index (χ2v) is 10.4. The van der Waals surface area contributed by atoms with Crippen LogP contribution in [-0.4, -0.2) is 4.57 Å². The highest BCUT2D eigenvalue weighted by Gasteiger charge is 2.46. The smallest absolute Gasteiger partial charge is 0.308 e. The Kier molecular flexibility index (Phi) is 5.29. The third-order valence-corrected chi connectivity index (χ3v) is 7.65. The summed E-state index contributed by atoms with van der Waals surface area (Å²) in [6.45, 7) is 3.80. The van der Waals surface area contributed by atoms with Gasteiger partial charge < -0.3 is 4.57 Å². The molecule has 0 bridgehead atoms. The Balaban J connectivity index is 1.82. The number of nitrogens with zero attached hydrogens (tertiary/aromatic N) is 1. The van der Waals surface area contributed by atoms with Crippen LogP contribution in [0.25, 0.3) is 38.6 Å². The van der Waals surface area contributed by atoms with E-state index in [9.17, 15) is 39.5 Å². The lowest BCUT2D eigenvalue weighted by Gasteiger charge is -2.24. The predicted molar refractivity (Wildman–Crippen MR) is 133 cm³/mol. The zero-order valence-corrected chi connectivity index (χ0v) is 20.8. The van der Waals surface area contributed by atoms with E-state index in [1.807, 2.05) is 38.1 Å². The van der Waals surface area contributed by atoms with Crippen LogP contribution in [0.5, 0.6) is 0 Å². The van der Waals surface area contributed by atoms with E-state index < -0.39 is 46.3 Å². The molecular weight excluding hydrogens is 545 g/mol. The molecule has 1 aromatic heterocycles. The first-order valence-corrected chi connectivity index (χ1v) is 12.1. The van der Waals surface area contributed by atoms with Crippen LogP contribution in [0.2, 0.25) is 0 Å². The van der Waals surface area contributed by atoms with E-state index in [1.165, 1.54) is 12.1 Å². The standard InChI is InChI=1S/C30H18F9N/c1-27(2)20-9-5-3-7-16(20)18-13-19-17-8-4-6-10-24(17)40(25(19)14-21(18)27)26-22(29(34,35)36)11-15(28(31,32)33)12-23(26)30(37,38)39/h3-14H,1-2H3. The molecule has 1 heterocycles. The zero-order chi connectivity index (χ0) is 29.0. The maximum absolute atomic E-state index is 14.4. The fraction of sp³-hybridized carbons (Fsp3) is 0.200. The number of benzene rings is 4. The van der Waals surface area contributed by atoms with Crippen LogP contribution < -0.4 is 0 Å². The highest BCUT2D eigenvalue weighted by Crippen LogP contribution is 2.52. The number of hydrogen-bond acceptors (Lipinski definition) is 0. The summed E-state index contributed by atoms with van der Waals surface area (Å²) >= 11 is 0. The van der Waals surface area contributed by atoms with Crippen LogP contribution in [-0.2, 0) is 23.9 Å². The topological polar surface area (TPSA) is 4.93 Å². The molecule has 1 aliphatic carbocycles. The van der Waals surface area contributed by atoms with Crippen molar-refractivity contribution in [2.75, 3.05) is 0 Å². The lowest BCUT2D eigenvalue weighted by Crippen LogP contribution is -2.21. The molecule has 0 N–H and O–H groups in total. The van der Waals surface area contributed by atoms with Crippen molar-refractivity contribution in [2.24, 2.45) is 0 Å². The molecule has 0 saturated heterocycles. The third kappa shape index (κ3) is 3.72. The number of rotatable bonds is 1. The molecule has 0 fully saturated rings. The van der Waals surface area contributed by atoms with Gasteiger partial charge in [0, 0.05) is 16.2 Å². The van der Waals surface area contributed by atoms with Crippen molar-refractivity contribution in [3.8, 4) is 16.8 Å². The molecular formula is C30H18F9N. The summed E-state index contributed by atoms with van der Waals surface area (Å²) in [7, 11) is 0. The van der Waals surface area contributed by atoms with Crippen LogP contribution >= 0.6 is 0 Å². The average Bonchev–Trinajstić information content (AvgIpc) is 3.29. The van der Waals surface area contributed by atoms with E-state index in [0.29, 0.717) is 16.3 Å². The van der Waals surface area contributed by atoms with Crippen LogP contribution in [0.4, 0.5) is 39.5 Å². The van der Waals surface area contributed by atoms with Crippen LogP contribution in [0.3, 0.4) is 0 Å². The van der Waals surface area contributed by atoms with E-state index >= 15 is 0 Å². The Bertz CT molecular complexity index is 1800. The van der Waals surface area contributed by atoms with E-state index in [4.69, 9.17) is 0 Å². The largest absolute Gasteiger partial charge is 0.418 e. The minimum atomic E-state index is -5.53. The van der Waals surface area contributed by atoms with Crippen molar-refractivity contribution in [1.29, 1.82) is 0 Å². The highest BCUT2D eigenvalue weighted by atomic mass is 19.4. The molecule has 0 aliphatic heterocycles. The van der Waals surface area contributed by atoms with Gasteiger partial charge in [-0.25, -0.2) is 0 Å². The van der Waals surface area contributed by atoms with E-state index in [2.05, 4.69) is 0 Å². The van der Waals surface area contributed by atoms with Crippen molar-refractivity contribution in [3.63, 3.8) is 0 Å². The number of aromatic nitrogens is 1. The Labute approximate surface area is 221 Å². The fourth-order valence-corrected chi connectivity index (χ4v) is 5.88. The van der Waals surface area contributed by atoms with Gasteiger partial charge in [0.25, 0.3) is 0 Å². The van der Waals surface area contributed by atoms with Crippen molar-refractivity contribution < 1.29 is 39.5 Å². The average molecular weight is 563 g/mol. The SMILES string of the molecule is CC1(C)c2ccccc2-c2cc3c4ccccc4n(-c4c(C(F)(F)F)cc(C(F)(F)F)cc4C(F)(F)F)c3cc21. The van der Waals surface area contributed by atoms with Crippen molar-refractivity contribution in [2.45, 2.75) is 37.8 Å². The highest BCUT2D eigenvalue weighted by molar-refractivity contribution is 6.11. The molecule has 6 rings (SSSR count). The number of halogens is 9. The third-order valence-electron chi connectivity index (χ3n) is 7.65. The van der Waals surface area contributed by atoms with Gasteiger partial charge in [0.05, 0.1) is 33.4 Å². The van der Waals surface area contributed by atoms with Gasteiger partial charge in [-0.3, -0.25) is 0 Å². The molecule has 0 unspecified atom stereocenters. The lowest BCUT2D eigenvalue weighted by atomic mass is 9.82. The normalized spacial score (nSPS) is 15.1. The first-order valence-electron chi connectivity index (χ1n) is 12.1. The summed E-state index contributed by atoms with van der Waals surface area (Å²) in [5.41, 5.74) is -4.80. The fourth-order valence-electron chi connectivity index (χ4n) is 5.88. The maximum Gasteiger partial charge on any atom is 0.418 e. The molecule has 1 nitrogen and oxygen atoms in total. The molecule has 10 heteroatoms. The zero-order valence-electron chi connectivity index (χ0n) is 20.8. The van der Waals surface area contributed by atoms with Crippen LogP contribution in [0, 0.1) is 0 Å². The molecule has 1 aliphatic rings. The Morgan fingerprint density at radius 2 is 1.12 bits per heavy atom. The Hall–Kier alpha value is -3.95. The summed E-state index contributed by atoms with van der Waals surface area (Å²) < 4.78 is 127. The molecule has 0 saturated carbocycles. The van der Waals surface area contributed by atoms with Gasteiger partial charge in [-0.15, -0.1) is 0 Å². The molecule has 40 heavy (non-hydrogen) atoms. The van der Waals surface area contributed by atoms with Gasteiger partial charge in [0.15, 0.2) is 0 Å². The first kappa shape index (κ1) is 26.3. The van der Waals surface area contributed by atoms with Gasteiger partial charge in [-0.2, -0.15) is 39.5 Å². The van der Waals surface area contributed by atoms with Crippen molar-refractivity contribution >= 4 is 21.8 Å². The molecule has 5 aromatic rings. The molecule has 0 amide bonds. The van der Waals surface area contributed by atoms with E-state index in [-0.39, 0.29) is 23.2 Å². The van der Waals surface area contributed by atoms with E-state index in [0.717, 1.165) is 21.3 Å². The molecule has 0 radical (unpaired) electrons. The maximum atomic E-state index is 14.4. The monoisotopic (exact) mass is 563 g/mol. The van der Waals surface area contributed by atoms with Crippen LogP contribution in [0.15, 0.2) is 72.8 Å². The quantitative estimate of drug-likeness (QED) is 0.179. The Morgan fingerprint density at radius 3 is 1.73 bits per heavy atom. The number of para-hydroxylation sites is 1. The summed E-state index contributed by atoms with van der Waals surface area (Å²) in [6, 6.07) is 16.3. The molecule has 4 aromatic carbocycles. The summed E-state index contributed by atoms with van der Waals surface area (Å²) in [6.07, 6.45) is -16.5. The summed E-state index contributed by atoms with van der Waals surface area (Å²) in [5, 5.41) is 0.742. The second kappa shape index (κ2) is 8.05. The first-order chi connectivity index (χ1) is 18.5. The summed E-state index contributed by atoms with van der Waals surface area (Å²) in [4.78, 5) is 0. The second-order valence-electron chi connectivity index (χ2n) is 10.4. The summed E-state index contributed by atoms with van der Waals surface area (Å²) in [5.74, 6) is 0. The van der Waals surface area contributed by atoms with Crippen molar-refractivity contribution in [1.82, 2.24) is 4.57 Å². The molecule has 0 spiro atoms. The van der Waals surface area contributed by atoms with E-state index in [1.54, 1.807) is 24.3 Å². The predicted octanol–water partition coefficient (Wildman–Crippen LogP) is 10.1. The van der Waals surface area contributed by atoms with Gasteiger partial charge in [-0.1, -0.05) is 56.3 Å². The van der Waals surface area contributed by atoms with Crippen molar-refractivity contribution in [3.05, 3.63) is 101 Å². The number of fused-ring (bicyclic) bond motifs is 6. The molecule has 0 atom stereocenters. The molecule has 206 valence electrons. The van der Waals surface area contributed by atoms with Gasteiger partial charge in [0.1, 0.15) is 0 Å². The van der Waals surface area contributed by atoms with Crippen LogP contribution in [0.1, 0.15) is 41.7 Å². The minimum Gasteiger partial charge on any atom is -0.308 e. The number of alkyl halides is 9. The number of hydrogen-bond donors (Lipinski definition) is 0. The van der Waals surface area contributed by atoms with Gasteiger partial charge in [-0.05, 0) is 52.6 Å². The lowest BCUT2D eigenvalue weighted by molar-refractivity contribution is -0.148. The van der Waals surface area contributed by atoms with Gasteiger partial charge in [0.2, 0.25) is 0 Å². The van der Waals surface area contributed by atoms with Gasteiger partial charge >= 0.3 is 18.5 Å².